The van der Waals surface area contributed by atoms with Gasteiger partial charge in [0.25, 0.3) is 0 Å². The lowest BCUT2D eigenvalue weighted by molar-refractivity contribution is 0.0761. The topological polar surface area (TPSA) is 35.5 Å². The monoisotopic (exact) mass is 222 g/mol. The van der Waals surface area contributed by atoms with Gasteiger partial charge in [0.2, 0.25) is 0 Å². The van der Waals surface area contributed by atoms with Gasteiger partial charge in [0, 0.05) is 12.2 Å². The Kier molecular flexibility index (Phi) is 4.99. The molecule has 0 aliphatic carbocycles. The summed E-state index contributed by atoms with van der Waals surface area (Å²) in [7, 11) is 1.60. The highest BCUT2D eigenvalue weighted by molar-refractivity contribution is 5.97. The van der Waals surface area contributed by atoms with E-state index >= 15 is 0 Å². The van der Waals surface area contributed by atoms with Gasteiger partial charge in [0.05, 0.1) is 7.11 Å². The Morgan fingerprint density at radius 1 is 1.38 bits per heavy atom. The number of ether oxygens (including phenoxy) is 2. The van der Waals surface area contributed by atoms with Crippen LogP contribution in [0.2, 0.25) is 0 Å². The lowest BCUT2D eigenvalue weighted by Crippen LogP contribution is -2.09. The van der Waals surface area contributed by atoms with Gasteiger partial charge < -0.3 is 9.47 Å². The molecule has 0 spiro atoms. The van der Waals surface area contributed by atoms with E-state index in [0.717, 1.165) is 17.7 Å². The van der Waals surface area contributed by atoms with Crippen LogP contribution in [0, 0.1) is 6.92 Å². The van der Waals surface area contributed by atoms with Crippen molar-refractivity contribution in [1.29, 1.82) is 0 Å². The van der Waals surface area contributed by atoms with Crippen LogP contribution in [-0.4, -0.2) is 26.1 Å². The van der Waals surface area contributed by atoms with Crippen LogP contribution >= 0.6 is 0 Å². The second kappa shape index (κ2) is 6.28. The first kappa shape index (κ1) is 12.7. The van der Waals surface area contributed by atoms with E-state index in [0.29, 0.717) is 12.2 Å². The minimum Gasteiger partial charge on any atom is -0.496 e. The van der Waals surface area contributed by atoms with Crippen LogP contribution in [-0.2, 0) is 4.74 Å². The minimum atomic E-state index is -0.00764. The molecule has 0 heterocycles. The number of methoxy groups -OCH3 is 1. The zero-order valence-corrected chi connectivity index (χ0v) is 10.1. The predicted octanol–water partition coefficient (Wildman–Crippen LogP) is 2.61. The van der Waals surface area contributed by atoms with Crippen LogP contribution in [0.15, 0.2) is 18.2 Å². The van der Waals surface area contributed by atoms with Gasteiger partial charge in [-0.15, -0.1) is 0 Å². The minimum absolute atomic E-state index is 0.00764. The van der Waals surface area contributed by atoms with Crippen molar-refractivity contribution in [1.82, 2.24) is 0 Å². The molecule has 0 bridgehead atoms. The summed E-state index contributed by atoms with van der Waals surface area (Å²) in [5.74, 6) is 0.730. The van der Waals surface area contributed by atoms with Crippen molar-refractivity contribution in [3.05, 3.63) is 29.3 Å². The van der Waals surface area contributed by atoms with E-state index in [1.54, 1.807) is 19.2 Å². The van der Waals surface area contributed by atoms with Gasteiger partial charge in [0.15, 0.2) is 5.78 Å². The molecule has 0 fully saturated rings. The molecule has 0 unspecified atom stereocenters. The van der Waals surface area contributed by atoms with E-state index in [-0.39, 0.29) is 12.4 Å². The standard InChI is InChI=1S/C13H18O3/c1-4-7-16-9-12(14)11-6-5-10(2)13(8-11)15-3/h5-6,8H,4,7,9H2,1-3H3. The number of ketones is 1. The highest BCUT2D eigenvalue weighted by Crippen LogP contribution is 2.19. The fraction of sp³-hybridized carbons (Fsp3) is 0.462. The first-order valence-corrected chi connectivity index (χ1v) is 5.44. The van der Waals surface area contributed by atoms with Crippen molar-refractivity contribution in [2.75, 3.05) is 20.3 Å². The first-order valence-electron chi connectivity index (χ1n) is 5.44. The Balaban J connectivity index is 2.68. The maximum absolute atomic E-state index is 11.7. The van der Waals surface area contributed by atoms with Crippen molar-refractivity contribution in [2.45, 2.75) is 20.3 Å². The summed E-state index contributed by atoms with van der Waals surface area (Å²) in [4.78, 5) is 11.7. The average Bonchev–Trinajstić information content (AvgIpc) is 2.30. The molecule has 0 radical (unpaired) electrons. The van der Waals surface area contributed by atoms with Gasteiger partial charge in [-0.25, -0.2) is 0 Å². The number of carbonyl (C=O) groups excluding carboxylic acids is 1. The van der Waals surface area contributed by atoms with Crippen molar-refractivity contribution >= 4 is 5.78 Å². The number of carbonyl (C=O) groups is 1. The van der Waals surface area contributed by atoms with E-state index in [1.165, 1.54) is 0 Å². The third kappa shape index (κ3) is 3.35. The van der Waals surface area contributed by atoms with Crippen LogP contribution in [0.1, 0.15) is 29.3 Å². The van der Waals surface area contributed by atoms with Gasteiger partial charge in [-0.3, -0.25) is 4.79 Å². The zero-order chi connectivity index (χ0) is 12.0. The molecule has 1 aromatic carbocycles. The van der Waals surface area contributed by atoms with E-state index in [1.807, 2.05) is 19.9 Å². The van der Waals surface area contributed by atoms with Crippen LogP contribution < -0.4 is 4.74 Å². The number of hydrogen-bond donors (Lipinski definition) is 0. The lowest BCUT2D eigenvalue weighted by Gasteiger charge is -2.07. The van der Waals surface area contributed by atoms with E-state index in [4.69, 9.17) is 9.47 Å². The number of hydrogen-bond acceptors (Lipinski definition) is 3. The third-order valence-corrected chi connectivity index (χ3v) is 2.31. The first-order chi connectivity index (χ1) is 7.69. The van der Waals surface area contributed by atoms with Crippen LogP contribution in [0.4, 0.5) is 0 Å². The summed E-state index contributed by atoms with van der Waals surface area (Å²) in [6.45, 7) is 4.72. The quantitative estimate of drug-likeness (QED) is 0.548. The Morgan fingerprint density at radius 3 is 2.75 bits per heavy atom. The molecular weight excluding hydrogens is 204 g/mol. The molecule has 0 saturated heterocycles. The SMILES string of the molecule is CCCOCC(=O)c1ccc(C)c(OC)c1. The van der Waals surface area contributed by atoms with Crippen LogP contribution in [0.5, 0.6) is 5.75 Å². The molecule has 1 aromatic rings. The third-order valence-electron chi connectivity index (χ3n) is 2.31. The molecule has 0 atom stereocenters. The maximum Gasteiger partial charge on any atom is 0.188 e. The summed E-state index contributed by atoms with van der Waals surface area (Å²) in [5, 5.41) is 0. The summed E-state index contributed by atoms with van der Waals surface area (Å²) < 4.78 is 10.4. The Morgan fingerprint density at radius 2 is 2.12 bits per heavy atom. The summed E-state index contributed by atoms with van der Waals surface area (Å²) in [6.07, 6.45) is 0.921. The zero-order valence-electron chi connectivity index (χ0n) is 10.1. The molecule has 0 N–H and O–H groups in total. The maximum atomic E-state index is 11.7. The molecule has 88 valence electrons. The summed E-state index contributed by atoms with van der Waals surface area (Å²) in [6, 6.07) is 5.44. The summed E-state index contributed by atoms with van der Waals surface area (Å²) >= 11 is 0. The fourth-order valence-electron chi connectivity index (χ4n) is 1.39. The van der Waals surface area contributed by atoms with Crippen molar-refractivity contribution in [3.63, 3.8) is 0 Å². The number of aryl methyl sites for hydroxylation is 1. The molecule has 0 amide bonds. The number of Topliss-reactive ketones (excluding diaryl/α,β-unsaturated/α-hetero) is 1. The summed E-state index contributed by atoms with van der Waals surface area (Å²) in [5.41, 5.74) is 1.66. The highest BCUT2D eigenvalue weighted by atomic mass is 16.5. The fourth-order valence-corrected chi connectivity index (χ4v) is 1.39. The molecule has 0 saturated carbocycles. The lowest BCUT2D eigenvalue weighted by atomic mass is 10.1. The van der Waals surface area contributed by atoms with Crippen molar-refractivity contribution in [3.8, 4) is 5.75 Å². The van der Waals surface area contributed by atoms with Crippen molar-refractivity contribution in [2.24, 2.45) is 0 Å². The molecular formula is C13H18O3. The smallest absolute Gasteiger partial charge is 0.188 e. The van der Waals surface area contributed by atoms with Gasteiger partial charge >= 0.3 is 0 Å². The Labute approximate surface area is 96.4 Å². The Bertz CT molecular complexity index is 358. The number of benzene rings is 1. The van der Waals surface area contributed by atoms with Gasteiger partial charge in [-0.05, 0) is 25.0 Å². The van der Waals surface area contributed by atoms with E-state index < -0.39 is 0 Å². The van der Waals surface area contributed by atoms with Crippen LogP contribution in [0.3, 0.4) is 0 Å². The molecule has 0 aliphatic rings. The van der Waals surface area contributed by atoms with Crippen molar-refractivity contribution < 1.29 is 14.3 Å². The second-order valence-corrected chi connectivity index (χ2v) is 3.66. The van der Waals surface area contributed by atoms with Gasteiger partial charge in [0.1, 0.15) is 12.4 Å². The van der Waals surface area contributed by atoms with E-state index in [9.17, 15) is 4.79 Å². The molecule has 16 heavy (non-hydrogen) atoms. The highest BCUT2D eigenvalue weighted by Gasteiger charge is 2.08. The largest absolute Gasteiger partial charge is 0.496 e. The molecule has 0 aromatic heterocycles. The molecule has 3 nitrogen and oxygen atoms in total. The number of rotatable bonds is 6. The predicted molar refractivity (Wildman–Crippen MR) is 63.2 cm³/mol. The second-order valence-electron chi connectivity index (χ2n) is 3.66. The average molecular weight is 222 g/mol. The Hall–Kier alpha value is -1.35. The molecule has 0 aliphatic heterocycles. The van der Waals surface area contributed by atoms with Gasteiger partial charge in [-0.1, -0.05) is 19.1 Å². The van der Waals surface area contributed by atoms with Gasteiger partial charge in [-0.2, -0.15) is 0 Å². The van der Waals surface area contributed by atoms with Crippen LogP contribution in [0.25, 0.3) is 0 Å². The molecule has 3 heteroatoms. The normalized spacial score (nSPS) is 10.2. The van der Waals surface area contributed by atoms with E-state index in [2.05, 4.69) is 0 Å². The molecule has 1 rings (SSSR count).